The quantitative estimate of drug-likeness (QED) is 0.641. The number of carboxylic acid groups (broad SMARTS) is 1. The number of benzene rings is 2. The molecule has 1 N–H and O–H groups in total. The average Bonchev–Trinajstić information content (AvgIpc) is 3.46. The molecule has 1 saturated heterocycles. The van der Waals surface area contributed by atoms with Crippen LogP contribution >= 0.6 is 0 Å². The van der Waals surface area contributed by atoms with Crippen molar-refractivity contribution in [2.75, 3.05) is 26.2 Å². The van der Waals surface area contributed by atoms with Crippen LogP contribution in [0, 0.1) is 0 Å². The largest absolute Gasteiger partial charge is 0.478 e. The first-order valence-corrected chi connectivity index (χ1v) is 11.4. The van der Waals surface area contributed by atoms with E-state index in [-0.39, 0.29) is 23.3 Å². The van der Waals surface area contributed by atoms with Crippen molar-refractivity contribution >= 4 is 17.8 Å². The lowest BCUT2D eigenvalue weighted by atomic mass is 10.1. The average molecular weight is 460 g/mol. The normalized spacial score (nSPS) is 17.8. The number of carbonyl (C=O) groups excluding carboxylic acids is 2. The van der Waals surface area contributed by atoms with Gasteiger partial charge in [0.15, 0.2) is 0 Å². The molecular formula is C25H25N5O4. The van der Waals surface area contributed by atoms with Gasteiger partial charge in [0.1, 0.15) is 11.6 Å². The Kier molecular flexibility index (Phi) is 5.83. The van der Waals surface area contributed by atoms with Gasteiger partial charge in [-0.3, -0.25) is 9.59 Å². The molecule has 174 valence electrons. The van der Waals surface area contributed by atoms with Crippen LogP contribution in [0.15, 0.2) is 54.6 Å². The number of hydrogen-bond donors (Lipinski definition) is 1. The fourth-order valence-electron chi connectivity index (χ4n) is 4.74. The van der Waals surface area contributed by atoms with Crippen LogP contribution in [0.3, 0.4) is 0 Å². The van der Waals surface area contributed by atoms with Crippen LogP contribution in [0.4, 0.5) is 0 Å². The van der Waals surface area contributed by atoms with Gasteiger partial charge in [0.2, 0.25) is 0 Å². The van der Waals surface area contributed by atoms with Gasteiger partial charge in [-0.2, -0.15) is 0 Å². The number of likely N-dealkylation sites (tertiary alicyclic amines) is 1. The zero-order chi connectivity index (χ0) is 23.7. The molecule has 2 aromatic carbocycles. The fraction of sp³-hybridized carbons (Fsp3) is 0.320. The van der Waals surface area contributed by atoms with Crippen molar-refractivity contribution in [2.24, 2.45) is 0 Å². The third-order valence-corrected chi connectivity index (χ3v) is 6.56. The molecular weight excluding hydrogens is 434 g/mol. The van der Waals surface area contributed by atoms with Crippen LogP contribution in [-0.2, 0) is 13.0 Å². The second kappa shape index (κ2) is 9.09. The number of rotatable bonds is 4. The molecule has 2 aliphatic rings. The maximum absolute atomic E-state index is 13.0. The van der Waals surface area contributed by atoms with E-state index in [2.05, 4.69) is 14.8 Å². The van der Waals surface area contributed by atoms with Crippen molar-refractivity contribution in [1.29, 1.82) is 0 Å². The van der Waals surface area contributed by atoms with E-state index in [0.29, 0.717) is 50.3 Å². The molecule has 3 aromatic rings. The Morgan fingerprint density at radius 1 is 0.794 bits per heavy atom. The Morgan fingerprint density at radius 2 is 1.53 bits per heavy atom. The Hall–Kier alpha value is -4.01. The van der Waals surface area contributed by atoms with Crippen LogP contribution in [0.2, 0.25) is 0 Å². The molecule has 2 amide bonds. The lowest BCUT2D eigenvalue weighted by molar-refractivity contribution is 0.0696. The number of carbonyl (C=O) groups is 3. The molecule has 0 spiro atoms. The maximum Gasteiger partial charge on any atom is 0.335 e. The molecule has 0 aliphatic carbocycles. The summed E-state index contributed by atoms with van der Waals surface area (Å²) in [6.07, 6.45) is 1.39. The third-order valence-electron chi connectivity index (χ3n) is 6.56. The van der Waals surface area contributed by atoms with E-state index in [9.17, 15) is 19.5 Å². The monoisotopic (exact) mass is 459 g/mol. The van der Waals surface area contributed by atoms with Crippen molar-refractivity contribution in [1.82, 2.24) is 24.6 Å². The van der Waals surface area contributed by atoms with Crippen LogP contribution in [0.5, 0.6) is 0 Å². The molecule has 34 heavy (non-hydrogen) atoms. The molecule has 0 saturated carbocycles. The SMILES string of the molecule is O=C(O)c1cccc(C(=O)N2CCc3nnc(C4CCN(C(=O)c5ccccc5)C4)n3CC2)c1. The number of carboxylic acids is 1. The van der Waals surface area contributed by atoms with E-state index in [1.54, 1.807) is 17.0 Å². The lowest BCUT2D eigenvalue weighted by Crippen LogP contribution is -2.34. The summed E-state index contributed by atoms with van der Waals surface area (Å²) in [5, 5.41) is 18.1. The van der Waals surface area contributed by atoms with E-state index >= 15 is 0 Å². The molecule has 9 heteroatoms. The number of amides is 2. The van der Waals surface area contributed by atoms with Crippen LogP contribution in [0.25, 0.3) is 0 Å². The second-order valence-electron chi connectivity index (χ2n) is 8.66. The van der Waals surface area contributed by atoms with Gasteiger partial charge in [-0.05, 0) is 36.8 Å². The minimum atomic E-state index is -1.06. The Morgan fingerprint density at radius 3 is 2.32 bits per heavy atom. The highest BCUT2D eigenvalue weighted by Gasteiger charge is 2.33. The highest BCUT2D eigenvalue weighted by molar-refractivity contribution is 5.97. The van der Waals surface area contributed by atoms with Crippen molar-refractivity contribution in [3.63, 3.8) is 0 Å². The zero-order valence-electron chi connectivity index (χ0n) is 18.6. The number of nitrogens with zero attached hydrogens (tertiary/aromatic N) is 5. The predicted octanol–water partition coefficient (Wildman–Crippen LogP) is 2.30. The van der Waals surface area contributed by atoms with Gasteiger partial charge >= 0.3 is 5.97 Å². The summed E-state index contributed by atoms with van der Waals surface area (Å²) in [7, 11) is 0. The second-order valence-corrected chi connectivity index (χ2v) is 8.66. The summed E-state index contributed by atoms with van der Waals surface area (Å²) in [5.74, 6) is 0.571. The van der Waals surface area contributed by atoms with Gasteiger partial charge in [-0.15, -0.1) is 10.2 Å². The maximum atomic E-state index is 13.0. The first-order valence-electron chi connectivity index (χ1n) is 11.4. The van der Waals surface area contributed by atoms with Gasteiger partial charge in [-0.25, -0.2) is 4.79 Å². The molecule has 5 rings (SSSR count). The minimum Gasteiger partial charge on any atom is -0.478 e. The van der Waals surface area contributed by atoms with Gasteiger partial charge in [0.25, 0.3) is 11.8 Å². The van der Waals surface area contributed by atoms with Crippen LogP contribution in [-0.4, -0.2) is 73.6 Å². The molecule has 1 aromatic heterocycles. The van der Waals surface area contributed by atoms with Gasteiger partial charge < -0.3 is 19.5 Å². The molecule has 1 fully saturated rings. The van der Waals surface area contributed by atoms with E-state index in [0.717, 1.165) is 18.1 Å². The lowest BCUT2D eigenvalue weighted by Gasteiger charge is -2.21. The molecule has 1 atom stereocenters. The number of fused-ring (bicyclic) bond motifs is 1. The van der Waals surface area contributed by atoms with Gasteiger partial charge in [0, 0.05) is 56.2 Å². The smallest absolute Gasteiger partial charge is 0.335 e. The molecule has 0 bridgehead atoms. The first kappa shape index (κ1) is 21.8. The van der Waals surface area contributed by atoms with Crippen LogP contribution < -0.4 is 0 Å². The standard InChI is InChI=1S/C25H25N5O4/c31-23(17-5-2-1-3-6-17)29-11-9-20(16-29)22-27-26-21-10-12-28(13-14-30(21)22)24(32)18-7-4-8-19(15-18)25(33)34/h1-8,15,20H,9-14,16H2,(H,33,34). The Bertz CT molecular complexity index is 1240. The summed E-state index contributed by atoms with van der Waals surface area (Å²) in [6, 6.07) is 15.4. The number of aromatic carboxylic acids is 1. The summed E-state index contributed by atoms with van der Waals surface area (Å²) in [4.78, 5) is 40.7. The minimum absolute atomic E-state index is 0.0269. The zero-order valence-corrected chi connectivity index (χ0v) is 18.6. The summed E-state index contributed by atoms with van der Waals surface area (Å²) >= 11 is 0. The summed E-state index contributed by atoms with van der Waals surface area (Å²) in [6.45, 7) is 2.79. The van der Waals surface area contributed by atoms with Crippen molar-refractivity contribution < 1.29 is 19.5 Å². The number of aromatic nitrogens is 3. The topological polar surface area (TPSA) is 109 Å². The highest BCUT2D eigenvalue weighted by Crippen LogP contribution is 2.28. The van der Waals surface area contributed by atoms with E-state index in [1.807, 2.05) is 35.2 Å². The van der Waals surface area contributed by atoms with Crippen LogP contribution in [0.1, 0.15) is 55.1 Å². The summed E-state index contributed by atoms with van der Waals surface area (Å²) in [5.41, 5.74) is 1.14. The number of hydrogen-bond acceptors (Lipinski definition) is 5. The first-order chi connectivity index (χ1) is 16.5. The van der Waals surface area contributed by atoms with E-state index in [1.165, 1.54) is 12.1 Å². The van der Waals surface area contributed by atoms with Gasteiger partial charge in [0.05, 0.1) is 5.56 Å². The molecule has 0 radical (unpaired) electrons. The molecule has 3 heterocycles. The molecule has 2 aliphatic heterocycles. The predicted molar refractivity (Wildman–Crippen MR) is 123 cm³/mol. The van der Waals surface area contributed by atoms with E-state index in [4.69, 9.17) is 0 Å². The fourth-order valence-corrected chi connectivity index (χ4v) is 4.74. The third kappa shape index (κ3) is 4.16. The van der Waals surface area contributed by atoms with Gasteiger partial charge in [-0.1, -0.05) is 24.3 Å². The molecule has 9 nitrogen and oxygen atoms in total. The highest BCUT2D eigenvalue weighted by atomic mass is 16.4. The summed E-state index contributed by atoms with van der Waals surface area (Å²) < 4.78 is 2.09. The van der Waals surface area contributed by atoms with E-state index < -0.39 is 5.97 Å². The molecule has 1 unspecified atom stereocenters. The van der Waals surface area contributed by atoms with Crippen molar-refractivity contribution in [3.05, 3.63) is 82.9 Å². The van der Waals surface area contributed by atoms with Crippen molar-refractivity contribution in [3.8, 4) is 0 Å². The Labute approximate surface area is 196 Å². The van der Waals surface area contributed by atoms with Crippen molar-refractivity contribution in [2.45, 2.75) is 25.3 Å². The Balaban J connectivity index is 1.27.